The second-order valence-electron chi connectivity index (χ2n) is 9.26. The van der Waals surface area contributed by atoms with Crippen molar-refractivity contribution in [1.82, 2.24) is 10.2 Å². The van der Waals surface area contributed by atoms with Gasteiger partial charge in [0.25, 0.3) is 0 Å². The standard InChI is InChI=1S/C27H35FN2O5/c1-3-24-25(35-15-14-34-24)16-18(2)27(32)23(17-30-20-6-7-21(30)9-8-20)29-26(31)12-13-33-22-10-4-19(28)5-11-22/h3-5,10-11,16,20-21,23,27,32H,2,6-9,12-15,17H2,1H3,(H,29,31)/b24-3+,25-16+/t20?,21?,23-,27-/m1/s1. The van der Waals surface area contributed by atoms with Crippen LogP contribution in [-0.4, -0.2) is 66.5 Å². The molecule has 2 N–H and O–H groups in total. The van der Waals surface area contributed by atoms with Gasteiger partial charge >= 0.3 is 0 Å². The minimum absolute atomic E-state index is 0.112. The summed E-state index contributed by atoms with van der Waals surface area (Å²) in [4.78, 5) is 15.2. The lowest BCUT2D eigenvalue weighted by atomic mass is 10.0. The number of ether oxygens (including phenoxy) is 3. The van der Waals surface area contributed by atoms with Gasteiger partial charge in [-0.05, 0) is 74.6 Å². The summed E-state index contributed by atoms with van der Waals surface area (Å²) in [7, 11) is 0. The molecule has 0 saturated carbocycles. The van der Waals surface area contributed by atoms with Crippen LogP contribution in [-0.2, 0) is 14.3 Å². The Balaban J connectivity index is 1.39. The lowest BCUT2D eigenvalue weighted by Crippen LogP contribution is -2.52. The van der Waals surface area contributed by atoms with Crippen molar-refractivity contribution in [1.29, 1.82) is 0 Å². The van der Waals surface area contributed by atoms with E-state index in [2.05, 4.69) is 16.8 Å². The van der Waals surface area contributed by atoms with Gasteiger partial charge in [-0.2, -0.15) is 0 Å². The number of nitrogens with zero attached hydrogens (tertiary/aromatic N) is 1. The third kappa shape index (κ3) is 6.44. The normalized spacial score (nSPS) is 25.7. The molecule has 7 nitrogen and oxygen atoms in total. The topological polar surface area (TPSA) is 80.3 Å². The number of halogens is 1. The number of carbonyl (C=O) groups is 1. The van der Waals surface area contributed by atoms with Crippen LogP contribution >= 0.6 is 0 Å². The Morgan fingerprint density at radius 2 is 1.83 bits per heavy atom. The van der Waals surface area contributed by atoms with Crippen molar-refractivity contribution in [2.24, 2.45) is 0 Å². The Kier molecular flexibility index (Phi) is 8.46. The van der Waals surface area contributed by atoms with Gasteiger partial charge in [-0.15, -0.1) is 0 Å². The number of hydrogen-bond acceptors (Lipinski definition) is 6. The van der Waals surface area contributed by atoms with Crippen molar-refractivity contribution < 1.29 is 28.5 Å². The fourth-order valence-corrected chi connectivity index (χ4v) is 5.14. The zero-order chi connectivity index (χ0) is 24.8. The number of nitrogens with one attached hydrogen (secondary N) is 1. The molecule has 0 spiro atoms. The van der Waals surface area contributed by atoms with Crippen LogP contribution in [0.1, 0.15) is 39.0 Å². The molecule has 8 heteroatoms. The maximum Gasteiger partial charge on any atom is 0.223 e. The fourth-order valence-electron chi connectivity index (χ4n) is 5.14. The largest absolute Gasteiger partial charge is 0.493 e. The van der Waals surface area contributed by atoms with E-state index < -0.39 is 12.1 Å². The Morgan fingerprint density at radius 1 is 1.20 bits per heavy atom. The van der Waals surface area contributed by atoms with Crippen molar-refractivity contribution in [2.75, 3.05) is 26.4 Å². The Bertz CT molecular complexity index is 941. The third-order valence-electron chi connectivity index (χ3n) is 6.95. The first-order chi connectivity index (χ1) is 16.9. The zero-order valence-electron chi connectivity index (χ0n) is 20.2. The van der Waals surface area contributed by atoms with Crippen molar-refractivity contribution in [3.63, 3.8) is 0 Å². The number of allylic oxidation sites excluding steroid dienone is 1. The van der Waals surface area contributed by atoms with E-state index in [9.17, 15) is 14.3 Å². The molecule has 2 atom stereocenters. The first kappa shape index (κ1) is 25.3. The number of fused-ring (bicyclic) bond motifs is 2. The van der Waals surface area contributed by atoms with Crippen molar-refractivity contribution in [2.45, 2.75) is 63.3 Å². The van der Waals surface area contributed by atoms with Gasteiger partial charge < -0.3 is 24.6 Å². The van der Waals surface area contributed by atoms with Gasteiger partial charge in [0.2, 0.25) is 5.91 Å². The minimum Gasteiger partial charge on any atom is -0.493 e. The van der Waals surface area contributed by atoms with Crippen LogP contribution in [0, 0.1) is 5.82 Å². The monoisotopic (exact) mass is 486 g/mol. The highest BCUT2D eigenvalue weighted by Crippen LogP contribution is 2.37. The summed E-state index contributed by atoms with van der Waals surface area (Å²) in [5, 5.41) is 14.2. The summed E-state index contributed by atoms with van der Waals surface area (Å²) in [6, 6.07) is 6.15. The maximum absolute atomic E-state index is 13.1. The van der Waals surface area contributed by atoms with Crippen LogP contribution in [0.3, 0.4) is 0 Å². The summed E-state index contributed by atoms with van der Waals surface area (Å²) < 4.78 is 29.9. The second kappa shape index (κ2) is 11.7. The molecule has 0 aromatic heterocycles. The first-order valence-corrected chi connectivity index (χ1v) is 12.4. The highest BCUT2D eigenvalue weighted by molar-refractivity contribution is 5.76. The molecule has 190 valence electrons. The van der Waals surface area contributed by atoms with E-state index in [1.165, 1.54) is 24.3 Å². The SMILES string of the molecule is C=C(/C=C1/OCCO/C1=C/C)[C@@H](O)[C@@H](CN1C2CCC1CC2)NC(=O)CCOc1ccc(F)cc1. The summed E-state index contributed by atoms with van der Waals surface area (Å²) in [5.41, 5.74) is 0.448. The van der Waals surface area contributed by atoms with Crippen LogP contribution in [0.4, 0.5) is 4.39 Å². The molecule has 2 bridgehead atoms. The van der Waals surface area contributed by atoms with Crippen molar-refractivity contribution in [3.8, 4) is 5.75 Å². The number of rotatable bonds is 10. The van der Waals surface area contributed by atoms with Gasteiger partial charge in [0.15, 0.2) is 11.5 Å². The zero-order valence-corrected chi connectivity index (χ0v) is 20.2. The molecule has 1 aromatic rings. The predicted molar refractivity (Wildman–Crippen MR) is 130 cm³/mol. The molecular weight excluding hydrogens is 451 g/mol. The lowest BCUT2D eigenvalue weighted by Gasteiger charge is -2.32. The fraction of sp³-hybridized carbons (Fsp3) is 0.519. The lowest BCUT2D eigenvalue weighted by molar-refractivity contribution is -0.123. The van der Waals surface area contributed by atoms with E-state index in [0.717, 1.165) is 25.7 Å². The first-order valence-electron chi connectivity index (χ1n) is 12.4. The number of hydrogen-bond donors (Lipinski definition) is 2. The molecule has 4 rings (SSSR count). The molecule has 3 heterocycles. The van der Waals surface area contributed by atoms with Gasteiger partial charge in [0.05, 0.1) is 25.2 Å². The van der Waals surface area contributed by atoms with Gasteiger partial charge in [-0.3, -0.25) is 9.69 Å². The third-order valence-corrected chi connectivity index (χ3v) is 6.95. The molecule has 0 radical (unpaired) electrons. The average molecular weight is 487 g/mol. The number of aliphatic hydroxyl groups is 1. The summed E-state index contributed by atoms with van der Waals surface area (Å²) >= 11 is 0. The van der Waals surface area contributed by atoms with E-state index in [1.807, 2.05) is 13.0 Å². The number of benzene rings is 1. The molecule has 1 amide bonds. The highest BCUT2D eigenvalue weighted by Gasteiger charge is 2.41. The average Bonchev–Trinajstić information content (AvgIpc) is 3.43. The van der Waals surface area contributed by atoms with E-state index in [-0.39, 0.29) is 24.8 Å². The van der Waals surface area contributed by atoms with Crippen molar-refractivity contribution >= 4 is 5.91 Å². The maximum atomic E-state index is 13.1. The smallest absolute Gasteiger partial charge is 0.223 e. The quantitative estimate of drug-likeness (QED) is 0.527. The molecule has 1 aromatic carbocycles. The van der Waals surface area contributed by atoms with Gasteiger partial charge in [-0.1, -0.05) is 6.58 Å². The van der Waals surface area contributed by atoms with Crippen LogP contribution in [0.15, 0.2) is 60.1 Å². The molecule has 3 aliphatic heterocycles. The number of carbonyl (C=O) groups excluding carboxylic acids is 1. The van der Waals surface area contributed by atoms with E-state index in [0.29, 0.717) is 54.7 Å². The highest BCUT2D eigenvalue weighted by atomic mass is 19.1. The van der Waals surface area contributed by atoms with Crippen LogP contribution in [0.2, 0.25) is 0 Å². The molecule has 0 unspecified atom stereocenters. The summed E-state index contributed by atoms with van der Waals surface area (Å²) in [5.74, 6) is 1.07. The van der Waals surface area contributed by atoms with Crippen LogP contribution in [0.25, 0.3) is 0 Å². The van der Waals surface area contributed by atoms with Crippen LogP contribution in [0.5, 0.6) is 5.75 Å². The predicted octanol–water partition coefficient (Wildman–Crippen LogP) is 3.46. The molecule has 3 saturated heterocycles. The Morgan fingerprint density at radius 3 is 2.46 bits per heavy atom. The van der Waals surface area contributed by atoms with Gasteiger partial charge in [0, 0.05) is 18.6 Å². The molecule has 0 aliphatic carbocycles. The summed E-state index contributed by atoms with van der Waals surface area (Å²) in [6.45, 7) is 7.53. The van der Waals surface area contributed by atoms with Gasteiger partial charge in [-0.25, -0.2) is 4.39 Å². The Labute approximate surface area is 206 Å². The molecule has 3 aliphatic rings. The van der Waals surface area contributed by atoms with Gasteiger partial charge in [0.1, 0.15) is 24.8 Å². The molecule has 35 heavy (non-hydrogen) atoms. The second-order valence-corrected chi connectivity index (χ2v) is 9.26. The minimum atomic E-state index is -0.993. The van der Waals surface area contributed by atoms with E-state index in [4.69, 9.17) is 14.2 Å². The number of amides is 1. The molecule has 3 fully saturated rings. The van der Waals surface area contributed by atoms with E-state index >= 15 is 0 Å². The number of aliphatic hydroxyl groups excluding tert-OH is 1. The Hall–Kier alpha value is -2.84. The van der Waals surface area contributed by atoms with E-state index in [1.54, 1.807) is 6.08 Å². The molecular formula is C27H35FN2O5. The van der Waals surface area contributed by atoms with Crippen molar-refractivity contribution in [3.05, 3.63) is 65.9 Å². The van der Waals surface area contributed by atoms with Crippen LogP contribution < -0.4 is 10.1 Å². The summed E-state index contributed by atoms with van der Waals surface area (Å²) in [6.07, 6.45) is 7.26.